The van der Waals surface area contributed by atoms with E-state index >= 15 is 0 Å². The molecular weight excluding hydrogens is 416 g/mol. The van der Waals surface area contributed by atoms with Crippen molar-refractivity contribution in [2.75, 3.05) is 0 Å². The number of carbonyl (C=O) groups is 2. The van der Waals surface area contributed by atoms with Crippen LogP contribution in [0, 0.1) is 11.8 Å². The number of nitrogens with one attached hydrogen (secondary N) is 1. The number of piperazine rings is 1. The summed E-state index contributed by atoms with van der Waals surface area (Å²) >= 11 is 1.81. The molecule has 2 aromatic carbocycles. The summed E-state index contributed by atoms with van der Waals surface area (Å²) < 4.78 is 0.0645. The van der Waals surface area contributed by atoms with Gasteiger partial charge >= 0.3 is 0 Å². The molecule has 2 aliphatic rings. The number of hydrogen-bond donors (Lipinski definition) is 1. The zero-order chi connectivity index (χ0) is 23.0. The lowest BCUT2D eigenvalue weighted by molar-refractivity contribution is -0.153. The number of fused-ring (bicyclic) bond motifs is 1. The molecule has 0 saturated carbocycles. The van der Waals surface area contributed by atoms with Crippen LogP contribution in [0.5, 0.6) is 0 Å². The van der Waals surface area contributed by atoms with E-state index in [4.69, 9.17) is 0 Å². The van der Waals surface area contributed by atoms with Crippen molar-refractivity contribution in [3.05, 3.63) is 65.2 Å². The fourth-order valence-corrected chi connectivity index (χ4v) is 6.06. The van der Waals surface area contributed by atoms with Crippen LogP contribution in [0.2, 0.25) is 0 Å². The van der Waals surface area contributed by atoms with Gasteiger partial charge in [-0.05, 0) is 47.4 Å². The van der Waals surface area contributed by atoms with Crippen molar-refractivity contribution in [3.8, 4) is 0 Å². The molecule has 1 aliphatic heterocycles. The number of rotatable bonds is 5. The van der Waals surface area contributed by atoms with Gasteiger partial charge in [0.05, 0.1) is 0 Å². The maximum Gasteiger partial charge on any atom is 0.246 e. The van der Waals surface area contributed by atoms with Crippen molar-refractivity contribution in [3.63, 3.8) is 0 Å². The molecule has 5 heteroatoms. The molecule has 1 saturated heterocycles. The van der Waals surface area contributed by atoms with Crippen molar-refractivity contribution < 1.29 is 9.59 Å². The van der Waals surface area contributed by atoms with Crippen LogP contribution in [0.25, 0.3) is 0 Å². The summed E-state index contributed by atoms with van der Waals surface area (Å²) in [5, 5.41) is 3.11. The van der Waals surface area contributed by atoms with Crippen LogP contribution in [0.1, 0.15) is 51.3 Å². The van der Waals surface area contributed by atoms with Gasteiger partial charge in [-0.2, -0.15) is 0 Å². The molecule has 4 nitrogen and oxygen atoms in total. The Morgan fingerprint density at radius 2 is 1.59 bits per heavy atom. The first-order valence-electron chi connectivity index (χ1n) is 11.6. The SMILES string of the molecule is CC(C)[C@@H]1C(=O)N[C@H](C2Cc3ccccc3C2)C(=O)N1Cc1ccccc1SC(C)(C)C. The first-order valence-corrected chi connectivity index (χ1v) is 12.4. The third-order valence-corrected chi connectivity index (χ3v) is 7.60. The summed E-state index contributed by atoms with van der Waals surface area (Å²) in [4.78, 5) is 30.1. The van der Waals surface area contributed by atoms with Gasteiger partial charge in [0, 0.05) is 16.2 Å². The van der Waals surface area contributed by atoms with E-state index in [1.54, 1.807) is 11.8 Å². The van der Waals surface area contributed by atoms with E-state index in [0.717, 1.165) is 18.4 Å². The predicted octanol–water partition coefficient (Wildman–Crippen LogP) is 4.84. The number of carbonyl (C=O) groups excluding carboxylic acids is 2. The van der Waals surface area contributed by atoms with E-state index in [1.807, 2.05) is 43.0 Å². The Morgan fingerprint density at radius 1 is 1.00 bits per heavy atom. The molecule has 1 N–H and O–H groups in total. The summed E-state index contributed by atoms with van der Waals surface area (Å²) in [5.74, 6) is 0.181. The second-order valence-electron chi connectivity index (χ2n) is 10.4. The molecule has 32 heavy (non-hydrogen) atoms. The second kappa shape index (κ2) is 8.93. The molecule has 1 fully saturated rings. The molecular formula is C27H34N2O2S. The van der Waals surface area contributed by atoms with Crippen molar-refractivity contribution in [1.82, 2.24) is 10.2 Å². The van der Waals surface area contributed by atoms with Crippen LogP contribution >= 0.6 is 11.8 Å². The lowest BCUT2D eigenvalue weighted by atomic mass is 9.89. The van der Waals surface area contributed by atoms with Crippen LogP contribution in [0.15, 0.2) is 53.4 Å². The zero-order valence-electron chi connectivity index (χ0n) is 19.7. The van der Waals surface area contributed by atoms with Crippen LogP contribution in [-0.2, 0) is 29.0 Å². The summed E-state index contributed by atoms with van der Waals surface area (Å²) in [5.41, 5.74) is 3.70. The number of amides is 2. The summed E-state index contributed by atoms with van der Waals surface area (Å²) in [7, 11) is 0. The maximum absolute atomic E-state index is 13.8. The van der Waals surface area contributed by atoms with Crippen molar-refractivity contribution >= 4 is 23.6 Å². The van der Waals surface area contributed by atoms with Crippen LogP contribution in [0.3, 0.4) is 0 Å². The third kappa shape index (κ3) is 4.73. The third-order valence-electron chi connectivity index (χ3n) is 6.37. The minimum Gasteiger partial charge on any atom is -0.342 e. The van der Waals surface area contributed by atoms with Crippen LogP contribution in [-0.4, -0.2) is 33.5 Å². The maximum atomic E-state index is 13.8. The largest absolute Gasteiger partial charge is 0.342 e. The number of thioether (sulfide) groups is 1. The smallest absolute Gasteiger partial charge is 0.246 e. The van der Waals surface area contributed by atoms with Gasteiger partial charge in [-0.25, -0.2) is 0 Å². The van der Waals surface area contributed by atoms with Crippen LogP contribution < -0.4 is 5.32 Å². The van der Waals surface area contributed by atoms with Crippen molar-refractivity contribution in [2.45, 2.75) is 75.7 Å². The quantitative estimate of drug-likeness (QED) is 0.663. The average Bonchev–Trinajstić information content (AvgIpc) is 3.14. The minimum absolute atomic E-state index is 0.0264. The Labute approximate surface area is 196 Å². The lowest BCUT2D eigenvalue weighted by Crippen LogP contribution is -2.66. The van der Waals surface area contributed by atoms with Gasteiger partial charge in [-0.3, -0.25) is 9.59 Å². The molecule has 0 unspecified atom stereocenters. The molecule has 170 valence electrons. The topological polar surface area (TPSA) is 49.4 Å². The Morgan fingerprint density at radius 3 is 2.19 bits per heavy atom. The first-order chi connectivity index (χ1) is 15.1. The van der Waals surface area contributed by atoms with E-state index in [1.165, 1.54) is 16.0 Å². The second-order valence-corrected chi connectivity index (χ2v) is 12.3. The highest BCUT2D eigenvalue weighted by atomic mass is 32.2. The zero-order valence-corrected chi connectivity index (χ0v) is 20.5. The molecule has 2 amide bonds. The Kier molecular flexibility index (Phi) is 6.39. The molecule has 0 spiro atoms. The molecule has 0 radical (unpaired) electrons. The molecule has 0 bridgehead atoms. The first kappa shape index (κ1) is 22.9. The van der Waals surface area contributed by atoms with Gasteiger partial charge in [0.2, 0.25) is 11.8 Å². The van der Waals surface area contributed by atoms with Gasteiger partial charge in [0.1, 0.15) is 12.1 Å². The summed E-state index contributed by atoms with van der Waals surface area (Å²) in [6, 6.07) is 15.7. The van der Waals surface area contributed by atoms with Gasteiger partial charge < -0.3 is 10.2 Å². The van der Waals surface area contributed by atoms with Crippen LogP contribution in [0.4, 0.5) is 0 Å². The van der Waals surface area contributed by atoms with E-state index < -0.39 is 12.1 Å². The van der Waals surface area contributed by atoms with Gasteiger partial charge in [-0.15, -0.1) is 11.8 Å². The molecule has 2 atom stereocenters. The fraction of sp³-hybridized carbons (Fsp3) is 0.481. The van der Waals surface area contributed by atoms with E-state index in [-0.39, 0.29) is 28.4 Å². The van der Waals surface area contributed by atoms with Crippen molar-refractivity contribution in [2.24, 2.45) is 11.8 Å². The number of benzene rings is 2. The average molecular weight is 451 g/mol. The Bertz CT molecular complexity index is 986. The molecule has 1 heterocycles. The highest BCUT2D eigenvalue weighted by Crippen LogP contribution is 2.36. The van der Waals surface area contributed by atoms with E-state index in [9.17, 15) is 9.59 Å². The van der Waals surface area contributed by atoms with Crippen molar-refractivity contribution in [1.29, 1.82) is 0 Å². The molecule has 0 aromatic heterocycles. The monoisotopic (exact) mass is 450 g/mol. The van der Waals surface area contributed by atoms with E-state index in [2.05, 4.69) is 50.4 Å². The number of nitrogens with zero attached hydrogens (tertiary/aromatic N) is 1. The van der Waals surface area contributed by atoms with E-state index in [0.29, 0.717) is 6.54 Å². The molecule has 4 rings (SSSR count). The summed E-state index contributed by atoms with van der Waals surface area (Å²) in [6.07, 6.45) is 1.67. The molecule has 2 aromatic rings. The Hall–Kier alpha value is -2.27. The predicted molar refractivity (Wildman–Crippen MR) is 130 cm³/mol. The highest BCUT2D eigenvalue weighted by molar-refractivity contribution is 8.00. The van der Waals surface area contributed by atoms with Gasteiger partial charge in [-0.1, -0.05) is 77.1 Å². The Balaban J connectivity index is 1.62. The number of hydrogen-bond acceptors (Lipinski definition) is 3. The highest BCUT2D eigenvalue weighted by Gasteiger charge is 2.46. The van der Waals surface area contributed by atoms with Gasteiger partial charge in [0.15, 0.2) is 0 Å². The van der Waals surface area contributed by atoms with Gasteiger partial charge in [0.25, 0.3) is 0 Å². The normalized spacial score (nSPS) is 21.8. The minimum atomic E-state index is -0.465. The molecule has 1 aliphatic carbocycles. The fourth-order valence-electron chi connectivity index (χ4n) is 4.99. The standard InChI is InChI=1S/C27H34N2O2S/c1-17(2)24-25(30)28-23(21-14-18-10-6-7-11-19(18)15-21)26(31)29(24)16-20-12-8-9-13-22(20)32-27(3,4)5/h6-13,17,21,23-24H,14-16H2,1-5H3,(H,28,30)/t23-,24-/m1/s1. The lowest BCUT2D eigenvalue weighted by Gasteiger charge is -2.42. The summed E-state index contributed by atoms with van der Waals surface area (Å²) in [6.45, 7) is 11.1.